The molecule has 1 N–H and O–H groups in total. The van der Waals surface area contributed by atoms with Crippen LogP contribution in [0, 0.1) is 5.92 Å². The maximum absolute atomic E-state index is 13.7. The second kappa shape index (κ2) is 7.42. The average Bonchev–Trinajstić information content (AvgIpc) is 3.21. The molecule has 0 aliphatic carbocycles. The van der Waals surface area contributed by atoms with Gasteiger partial charge in [0.2, 0.25) is 17.7 Å². The molecule has 3 aliphatic heterocycles. The molecule has 2 unspecified atom stereocenters. The molecule has 4 rings (SSSR count). The Labute approximate surface area is 170 Å². The van der Waals surface area contributed by atoms with E-state index < -0.39 is 11.3 Å². The molecule has 1 aromatic rings. The van der Waals surface area contributed by atoms with E-state index in [-0.39, 0.29) is 49.6 Å². The van der Waals surface area contributed by atoms with Gasteiger partial charge < -0.3 is 24.6 Å². The molecule has 1 aromatic carbocycles. The lowest BCUT2D eigenvalue weighted by molar-refractivity contribution is -0.150. The number of nitrogens with one attached hydrogen (secondary N) is 1. The Morgan fingerprint density at radius 1 is 1.17 bits per heavy atom. The van der Waals surface area contributed by atoms with Gasteiger partial charge in [0.05, 0.1) is 18.1 Å². The highest BCUT2D eigenvalue weighted by Gasteiger charge is 2.61. The van der Waals surface area contributed by atoms with Crippen LogP contribution in [0.5, 0.6) is 0 Å². The van der Waals surface area contributed by atoms with E-state index in [9.17, 15) is 14.4 Å². The van der Waals surface area contributed by atoms with Gasteiger partial charge in [-0.1, -0.05) is 18.2 Å². The number of hydrogen-bond acceptors (Lipinski definition) is 5. The lowest BCUT2D eigenvalue weighted by Gasteiger charge is -2.38. The average molecular weight is 401 g/mol. The molecule has 2 saturated heterocycles. The van der Waals surface area contributed by atoms with Crippen LogP contribution < -0.4 is 5.32 Å². The van der Waals surface area contributed by atoms with Crippen LogP contribution in [0.25, 0.3) is 0 Å². The molecule has 8 heteroatoms. The number of methoxy groups -OCH3 is 1. The Morgan fingerprint density at radius 3 is 2.55 bits per heavy atom. The van der Waals surface area contributed by atoms with Gasteiger partial charge in [-0.05, 0) is 25.5 Å². The summed E-state index contributed by atoms with van der Waals surface area (Å²) in [6.07, 6.45) is -0.146. The second-order valence-electron chi connectivity index (χ2n) is 8.23. The van der Waals surface area contributed by atoms with Crippen molar-refractivity contribution in [3.05, 3.63) is 29.8 Å². The largest absolute Gasteiger partial charge is 0.375 e. The number of amides is 3. The van der Waals surface area contributed by atoms with Crippen molar-refractivity contribution in [3.63, 3.8) is 0 Å². The fourth-order valence-electron chi connectivity index (χ4n) is 4.96. The van der Waals surface area contributed by atoms with Crippen LogP contribution in [-0.4, -0.2) is 79.6 Å². The highest BCUT2D eigenvalue weighted by Crippen LogP contribution is 2.48. The minimum absolute atomic E-state index is 0.0732. The molecule has 2 fully saturated rings. The number of fused-ring (bicyclic) bond motifs is 2. The van der Waals surface area contributed by atoms with Gasteiger partial charge in [-0.15, -0.1) is 0 Å². The summed E-state index contributed by atoms with van der Waals surface area (Å²) in [5, 5.41) is 2.92. The number of benzene rings is 1. The number of para-hydroxylation sites is 1. The molecule has 156 valence electrons. The summed E-state index contributed by atoms with van der Waals surface area (Å²) in [5.74, 6) is -1.20. The number of carbonyl (C=O) groups is 3. The van der Waals surface area contributed by atoms with E-state index in [2.05, 4.69) is 5.32 Å². The number of anilines is 1. The lowest BCUT2D eigenvalue weighted by Crippen LogP contribution is -2.54. The molecular formula is C21H27N3O5. The monoisotopic (exact) mass is 401 g/mol. The summed E-state index contributed by atoms with van der Waals surface area (Å²) >= 11 is 0. The first kappa shape index (κ1) is 19.8. The molecule has 8 nitrogen and oxygen atoms in total. The molecule has 0 aromatic heterocycles. The Kier molecular flexibility index (Phi) is 5.08. The van der Waals surface area contributed by atoms with Gasteiger partial charge in [0.25, 0.3) is 0 Å². The first-order valence-electron chi connectivity index (χ1n) is 9.98. The van der Waals surface area contributed by atoms with Crippen LogP contribution in [0.2, 0.25) is 0 Å². The predicted octanol–water partition coefficient (Wildman–Crippen LogP) is 0.617. The molecule has 1 spiro atoms. The van der Waals surface area contributed by atoms with Gasteiger partial charge in [0.15, 0.2) is 0 Å². The Balaban J connectivity index is 1.72. The quantitative estimate of drug-likeness (QED) is 0.802. The Hall–Kier alpha value is -2.45. The maximum atomic E-state index is 13.7. The number of nitrogens with zero attached hydrogens (tertiary/aromatic N) is 2. The van der Waals surface area contributed by atoms with Gasteiger partial charge in [-0.2, -0.15) is 0 Å². The lowest BCUT2D eigenvalue weighted by atomic mass is 9.72. The third-order valence-corrected chi connectivity index (χ3v) is 6.15. The van der Waals surface area contributed by atoms with Crippen molar-refractivity contribution in [3.8, 4) is 0 Å². The normalized spacial score (nSPS) is 31.1. The van der Waals surface area contributed by atoms with E-state index in [1.807, 2.05) is 38.1 Å². The molecule has 3 heterocycles. The number of rotatable bonds is 3. The zero-order valence-corrected chi connectivity index (χ0v) is 17.0. The predicted molar refractivity (Wildman–Crippen MR) is 105 cm³/mol. The first-order chi connectivity index (χ1) is 13.9. The van der Waals surface area contributed by atoms with Crippen LogP contribution in [0.3, 0.4) is 0 Å². The van der Waals surface area contributed by atoms with Crippen LogP contribution in [0.4, 0.5) is 5.69 Å². The van der Waals surface area contributed by atoms with Crippen molar-refractivity contribution in [2.24, 2.45) is 5.92 Å². The topological polar surface area (TPSA) is 88.2 Å². The van der Waals surface area contributed by atoms with Crippen molar-refractivity contribution in [1.29, 1.82) is 0 Å². The van der Waals surface area contributed by atoms with Crippen molar-refractivity contribution in [2.75, 3.05) is 45.2 Å². The third kappa shape index (κ3) is 3.20. The smallest absolute Gasteiger partial charge is 0.248 e. The van der Waals surface area contributed by atoms with Crippen molar-refractivity contribution < 1.29 is 23.9 Å². The molecule has 4 atom stereocenters. The summed E-state index contributed by atoms with van der Waals surface area (Å²) in [7, 11) is 1.46. The van der Waals surface area contributed by atoms with Crippen molar-refractivity contribution >= 4 is 23.4 Å². The van der Waals surface area contributed by atoms with Gasteiger partial charge in [-0.25, -0.2) is 0 Å². The van der Waals surface area contributed by atoms with E-state index in [0.717, 1.165) is 5.56 Å². The minimum atomic E-state index is -1.08. The molecule has 3 amide bonds. The Bertz CT molecular complexity index is 833. The molecule has 0 radical (unpaired) electrons. The van der Waals surface area contributed by atoms with Crippen LogP contribution >= 0.6 is 0 Å². The number of ether oxygens (including phenoxy) is 2. The molecule has 3 aliphatic rings. The second-order valence-corrected chi connectivity index (χ2v) is 8.23. The summed E-state index contributed by atoms with van der Waals surface area (Å²) in [6.45, 7) is 5.12. The summed E-state index contributed by atoms with van der Waals surface area (Å²) < 4.78 is 10.8. The molecule has 29 heavy (non-hydrogen) atoms. The van der Waals surface area contributed by atoms with Crippen LogP contribution in [-0.2, 0) is 29.3 Å². The van der Waals surface area contributed by atoms with Crippen LogP contribution in [0.15, 0.2) is 24.3 Å². The van der Waals surface area contributed by atoms with Crippen molar-refractivity contribution in [2.45, 2.75) is 31.5 Å². The van der Waals surface area contributed by atoms with E-state index in [1.54, 1.807) is 9.80 Å². The van der Waals surface area contributed by atoms with E-state index in [0.29, 0.717) is 18.8 Å². The first-order valence-corrected chi connectivity index (χ1v) is 9.98. The van der Waals surface area contributed by atoms with Crippen LogP contribution in [0.1, 0.15) is 19.4 Å². The highest BCUT2D eigenvalue weighted by molar-refractivity contribution is 6.10. The molecule has 0 bridgehead atoms. The zero-order valence-electron chi connectivity index (χ0n) is 17.0. The highest BCUT2D eigenvalue weighted by atomic mass is 16.5. The number of likely N-dealkylation sites (tertiary alicyclic amines) is 1. The molecular weight excluding hydrogens is 374 g/mol. The summed E-state index contributed by atoms with van der Waals surface area (Å²) in [6, 6.07) is 7.43. The van der Waals surface area contributed by atoms with Crippen molar-refractivity contribution in [1.82, 2.24) is 9.80 Å². The van der Waals surface area contributed by atoms with E-state index in [4.69, 9.17) is 9.47 Å². The summed E-state index contributed by atoms with van der Waals surface area (Å²) in [5.41, 5.74) is 0.410. The number of morpholine rings is 1. The number of hydrogen-bond donors (Lipinski definition) is 1. The number of carbonyl (C=O) groups excluding carboxylic acids is 3. The van der Waals surface area contributed by atoms with Gasteiger partial charge in [0.1, 0.15) is 12.0 Å². The van der Waals surface area contributed by atoms with Gasteiger partial charge in [-0.3, -0.25) is 14.4 Å². The molecule has 0 saturated carbocycles. The standard InChI is InChI=1S/C21H27N3O5/c1-13-8-23(9-14(2)29-13)19(26)16-10-24(18(25)11-28-3)12-21(16)15-6-4-5-7-17(15)22-20(21)27/h4-7,13-14,16H,8-12H2,1-3H3,(H,22,27)/t13-,14+,16?,21?. The van der Waals surface area contributed by atoms with E-state index >= 15 is 0 Å². The van der Waals surface area contributed by atoms with Gasteiger partial charge >= 0.3 is 0 Å². The summed E-state index contributed by atoms with van der Waals surface area (Å²) in [4.78, 5) is 42.8. The minimum Gasteiger partial charge on any atom is -0.375 e. The SMILES string of the molecule is COCC(=O)N1CC(C(=O)N2C[C@@H](C)O[C@@H](C)C2)C2(C1)C(=O)Nc1ccccc12. The zero-order chi connectivity index (χ0) is 20.8. The fraction of sp³-hybridized carbons (Fsp3) is 0.571. The third-order valence-electron chi connectivity index (χ3n) is 6.15. The van der Waals surface area contributed by atoms with Gasteiger partial charge in [0, 0.05) is 39.0 Å². The maximum Gasteiger partial charge on any atom is 0.248 e. The fourth-order valence-corrected chi connectivity index (χ4v) is 4.96. The van der Waals surface area contributed by atoms with E-state index in [1.165, 1.54) is 7.11 Å². The Morgan fingerprint density at radius 2 is 1.86 bits per heavy atom.